The molecule has 0 heterocycles. The number of rotatable bonds is 9. The highest BCUT2D eigenvalue weighted by atomic mass is 16.5. The maximum atomic E-state index is 12.0. The lowest BCUT2D eigenvalue weighted by atomic mass is 9.98. The van der Waals surface area contributed by atoms with Crippen molar-refractivity contribution in [3.8, 4) is 0 Å². The number of hydrogen-bond donors (Lipinski definition) is 1. The molecule has 0 saturated heterocycles. The Labute approximate surface area is 126 Å². The summed E-state index contributed by atoms with van der Waals surface area (Å²) < 4.78 is 4.90. The average molecular weight is 292 g/mol. The summed E-state index contributed by atoms with van der Waals surface area (Å²) in [7, 11) is 1.38. The van der Waals surface area contributed by atoms with Gasteiger partial charge in [-0.25, -0.2) is 0 Å². The van der Waals surface area contributed by atoms with Gasteiger partial charge >= 0.3 is 5.97 Å². The molecular weight excluding hydrogens is 268 g/mol. The summed E-state index contributed by atoms with van der Waals surface area (Å²) >= 11 is 0. The lowest BCUT2D eigenvalue weighted by Crippen LogP contribution is -2.39. The first-order valence-corrected chi connectivity index (χ1v) is 7.21. The van der Waals surface area contributed by atoms with Crippen molar-refractivity contribution in [2.75, 3.05) is 26.7 Å². The largest absolute Gasteiger partial charge is 0.469 e. The Kier molecular flexibility index (Phi) is 7.46. The second-order valence-electron chi connectivity index (χ2n) is 5.04. The van der Waals surface area contributed by atoms with E-state index in [9.17, 15) is 9.59 Å². The van der Waals surface area contributed by atoms with Crippen molar-refractivity contribution in [2.24, 2.45) is 5.73 Å². The van der Waals surface area contributed by atoms with Gasteiger partial charge in [0, 0.05) is 6.54 Å². The number of methoxy groups -OCH3 is 1. The van der Waals surface area contributed by atoms with Gasteiger partial charge < -0.3 is 10.5 Å². The van der Waals surface area contributed by atoms with Gasteiger partial charge in [-0.15, -0.1) is 0 Å². The van der Waals surface area contributed by atoms with E-state index in [1.165, 1.54) is 7.11 Å². The zero-order chi connectivity index (χ0) is 15.7. The molecule has 1 atom stereocenters. The standard InChI is InChI=1S/C16H24N2O3/c1-3-4-10-18(12-15(17)19)11-14(16(20)21-2)13-8-6-5-7-9-13/h5-9,14H,3-4,10-12H2,1-2H3,(H2,17,19). The first-order valence-electron chi connectivity index (χ1n) is 7.21. The molecule has 5 heteroatoms. The number of hydrogen-bond acceptors (Lipinski definition) is 4. The minimum atomic E-state index is -0.410. The van der Waals surface area contributed by atoms with Gasteiger partial charge in [0.05, 0.1) is 19.6 Å². The summed E-state index contributed by atoms with van der Waals surface area (Å²) in [5.41, 5.74) is 6.18. The van der Waals surface area contributed by atoms with Crippen LogP contribution in [-0.4, -0.2) is 43.5 Å². The van der Waals surface area contributed by atoms with E-state index in [1.54, 1.807) is 0 Å². The zero-order valence-corrected chi connectivity index (χ0v) is 12.7. The Morgan fingerprint density at radius 2 is 1.95 bits per heavy atom. The second kappa shape index (κ2) is 9.13. The van der Waals surface area contributed by atoms with Crippen molar-refractivity contribution >= 4 is 11.9 Å². The van der Waals surface area contributed by atoms with E-state index in [2.05, 4.69) is 6.92 Å². The van der Waals surface area contributed by atoms with Gasteiger partial charge in [-0.3, -0.25) is 14.5 Å². The molecule has 0 aromatic heterocycles. The molecule has 1 rings (SSSR count). The van der Waals surface area contributed by atoms with Crippen LogP contribution in [0.5, 0.6) is 0 Å². The van der Waals surface area contributed by atoms with E-state index < -0.39 is 5.92 Å². The predicted octanol–water partition coefficient (Wildman–Crippen LogP) is 1.53. The van der Waals surface area contributed by atoms with Gasteiger partial charge in [-0.05, 0) is 18.5 Å². The number of nitrogens with two attached hydrogens (primary N) is 1. The number of esters is 1. The van der Waals surface area contributed by atoms with Crippen molar-refractivity contribution in [3.05, 3.63) is 35.9 Å². The van der Waals surface area contributed by atoms with Crippen LogP contribution in [0.15, 0.2) is 30.3 Å². The molecule has 0 radical (unpaired) electrons. The Hall–Kier alpha value is -1.88. The number of nitrogens with zero attached hydrogens (tertiary/aromatic N) is 1. The van der Waals surface area contributed by atoms with Crippen LogP contribution in [0.1, 0.15) is 31.2 Å². The summed E-state index contributed by atoms with van der Waals surface area (Å²) in [5, 5.41) is 0. The fourth-order valence-electron chi connectivity index (χ4n) is 2.24. The fourth-order valence-corrected chi connectivity index (χ4v) is 2.24. The summed E-state index contributed by atoms with van der Waals surface area (Å²) in [4.78, 5) is 25.2. The number of unbranched alkanes of at least 4 members (excludes halogenated alkanes) is 1. The highest BCUT2D eigenvalue weighted by Crippen LogP contribution is 2.19. The lowest BCUT2D eigenvalue weighted by Gasteiger charge is -2.25. The summed E-state index contributed by atoms with van der Waals surface area (Å²) in [6.45, 7) is 3.40. The molecule has 1 aromatic carbocycles. The Morgan fingerprint density at radius 1 is 1.29 bits per heavy atom. The monoisotopic (exact) mass is 292 g/mol. The highest BCUT2D eigenvalue weighted by molar-refractivity contribution is 5.79. The number of carbonyl (C=O) groups is 2. The van der Waals surface area contributed by atoms with Crippen LogP contribution in [0, 0.1) is 0 Å². The summed E-state index contributed by atoms with van der Waals surface area (Å²) in [5.74, 6) is -1.10. The highest BCUT2D eigenvalue weighted by Gasteiger charge is 2.24. The maximum absolute atomic E-state index is 12.0. The van der Waals surface area contributed by atoms with Crippen LogP contribution in [0.4, 0.5) is 0 Å². The van der Waals surface area contributed by atoms with Gasteiger partial charge in [0.2, 0.25) is 5.91 Å². The van der Waals surface area contributed by atoms with Crippen molar-refractivity contribution < 1.29 is 14.3 Å². The summed E-state index contributed by atoms with van der Waals surface area (Å²) in [6, 6.07) is 9.45. The molecule has 0 aliphatic heterocycles. The van der Waals surface area contributed by atoms with E-state index in [-0.39, 0.29) is 18.4 Å². The predicted molar refractivity (Wildman–Crippen MR) is 81.7 cm³/mol. The number of ether oxygens (including phenoxy) is 1. The Balaban J connectivity index is 2.86. The van der Waals surface area contributed by atoms with Crippen molar-refractivity contribution in [1.82, 2.24) is 4.90 Å². The first-order chi connectivity index (χ1) is 10.1. The molecule has 0 spiro atoms. The van der Waals surface area contributed by atoms with E-state index in [0.29, 0.717) is 6.54 Å². The minimum absolute atomic E-state index is 0.153. The van der Waals surface area contributed by atoms with Crippen LogP contribution in [0.2, 0.25) is 0 Å². The van der Waals surface area contributed by atoms with Crippen LogP contribution in [-0.2, 0) is 14.3 Å². The van der Waals surface area contributed by atoms with Gasteiger partial charge in [0.25, 0.3) is 0 Å². The van der Waals surface area contributed by atoms with Crippen molar-refractivity contribution in [2.45, 2.75) is 25.7 Å². The fraction of sp³-hybridized carbons (Fsp3) is 0.500. The molecule has 1 amide bonds. The van der Waals surface area contributed by atoms with E-state index in [0.717, 1.165) is 24.9 Å². The number of primary amides is 1. The second-order valence-corrected chi connectivity index (χ2v) is 5.04. The minimum Gasteiger partial charge on any atom is -0.469 e. The van der Waals surface area contributed by atoms with Gasteiger partial charge in [-0.2, -0.15) is 0 Å². The van der Waals surface area contributed by atoms with Gasteiger partial charge in [0.15, 0.2) is 0 Å². The smallest absolute Gasteiger partial charge is 0.314 e. The quantitative estimate of drug-likeness (QED) is 0.701. The number of amides is 1. The molecule has 5 nitrogen and oxygen atoms in total. The third kappa shape index (κ3) is 5.95. The number of carbonyl (C=O) groups excluding carboxylic acids is 2. The molecule has 2 N–H and O–H groups in total. The van der Waals surface area contributed by atoms with E-state index >= 15 is 0 Å². The topological polar surface area (TPSA) is 72.6 Å². The van der Waals surface area contributed by atoms with E-state index in [1.807, 2.05) is 35.2 Å². The van der Waals surface area contributed by atoms with Crippen LogP contribution >= 0.6 is 0 Å². The lowest BCUT2D eigenvalue weighted by molar-refractivity contribution is -0.143. The molecule has 0 saturated carbocycles. The molecular formula is C16H24N2O3. The van der Waals surface area contributed by atoms with E-state index in [4.69, 9.17) is 10.5 Å². The third-order valence-corrected chi connectivity index (χ3v) is 3.34. The van der Waals surface area contributed by atoms with Crippen molar-refractivity contribution in [1.29, 1.82) is 0 Å². The summed E-state index contributed by atoms with van der Waals surface area (Å²) in [6.07, 6.45) is 1.97. The zero-order valence-electron chi connectivity index (χ0n) is 12.7. The molecule has 1 unspecified atom stereocenters. The van der Waals surface area contributed by atoms with Gasteiger partial charge in [-0.1, -0.05) is 43.7 Å². The molecule has 0 fully saturated rings. The first kappa shape index (κ1) is 17.2. The normalized spacial score (nSPS) is 12.1. The Bertz CT molecular complexity index is 448. The third-order valence-electron chi connectivity index (χ3n) is 3.34. The molecule has 116 valence electrons. The molecule has 0 aliphatic rings. The van der Waals surface area contributed by atoms with Crippen LogP contribution in [0.3, 0.4) is 0 Å². The van der Waals surface area contributed by atoms with Crippen molar-refractivity contribution in [3.63, 3.8) is 0 Å². The van der Waals surface area contributed by atoms with Crippen LogP contribution in [0.25, 0.3) is 0 Å². The maximum Gasteiger partial charge on any atom is 0.314 e. The Morgan fingerprint density at radius 3 is 2.48 bits per heavy atom. The number of benzene rings is 1. The molecule has 0 aliphatic carbocycles. The molecule has 21 heavy (non-hydrogen) atoms. The SMILES string of the molecule is CCCCN(CC(N)=O)CC(C(=O)OC)c1ccccc1. The van der Waals surface area contributed by atoms with Gasteiger partial charge in [0.1, 0.15) is 0 Å². The molecule has 0 bridgehead atoms. The van der Waals surface area contributed by atoms with Crippen LogP contribution < -0.4 is 5.73 Å². The molecule has 1 aromatic rings. The average Bonchev–Trinajstić information content (AvgIpc) is 2.49.